The summed E-state index contributed by atoms with van der Waals surface area (Å²) in [6.45, 7) is 1.37. The highest BCUT2D eigenvalue weighted by atomic mass is 79.9. The van der Waals surface area contributed by atoms with Crippen molar-refractivity contribution in [1.29, 1.82) is 0 Å². The van der Waals surface area contributed by atoms with Crippen LogP contribution in [0, 0.1) is 0 Å². The van der Waals surface area contributed by atoms with E-state index in [1.54, 1.807) is 7.11 Å². The van der Waals surface area contributed by atoms with E-state index in [1.807, 2.05) is 37.4 Å². The quantitative estimate of drug-likeness (QED) is 0.871. The number of ether oxygens (including phenoxy) is 2. The molecule has 20 heavy (non-hydrogen) atoms. The fourth-order valence-corrected chi connectivity index (χ4v) is 2.50. The number of halogens is 1. The molecule has 0 aliphatic heterocycles. The Hall–Kier alpha value is -1.52. The Labute approximate surface area is 128 Å². The van der Waals surface area contributed by atoms with Gasteiger partial charge in [0.2, 0.25) is 0 Å². The first-order valence-electron chi connectivity index (χ1n) is 6.41. The molecule has 2 aromatic rings. The summed E-state index contributed by atoms with van der Waals surface area (Å²) in [5.41, 5.74) is 2.30. The number of methoxy groups -OCH3 is 1. The normalized spacial score (nSPS) is 10.3. The lowest BCUT2D eigenvalue weighted by Gasteiger charge is -2.09. The van der Waals surface area contributed by atoms with Crippen molar-refractivity contribution in [3.63, 3.8) is 0 Å². The number of hydrogen-bond acceptors (Lipinski definition) is 3. The van der Waals surface area contributed by atoms with Crippen LogP contribution in [0.2, 0.25) is 0 Å². The maximum atomic E-state index is 5.82. The SMILES string of the molecule is CNCc1cccc(OCc2ccc(OC)c(Br)c2)c1. The molecule has 1 N–H and O–H groups in total. The van der Waals surface area contributed by atoms with Crippen LogP contribution in [0.1, 0.15) is 11.1 Å². The smallest absolute Gasteiger partial charge is 0.133 e. The molecule has 3 nitrogen and oxygen atoms in total. The molecular weight excluding hydrogens is 318 g/mol. The maximum absolute atomic E-state index is 5.82. The highest BCUT2D eigenvalue weighted by molar-refractivity contribution is 9.10. The van der Waals surface area contributed by atoms with Crippen LogP contribution in [-0.2, 0) is 13.2 Å². The zero-order valence-corrected chi connectivity index (χ0v) is 13.2. The minimum Gasteiger partial charge on any atom is -0.496 e. The average Bonchev–Trinajstić information content (AvgIpc) is 2.46. The van der Waals surface area contributed by atoms with E-state index in [9.17, 15) is 0 Å². The molecule has 0 fully saturated rings. The van der Waals surface area contributed by atoms with Crippen molar-refractivity contribution in [2.45, 2.75) is 13.2 Å². The van der Waals surface area contributed by atoms with E-state index >= 15 is 0 Å². The molecule has 0 aliphatic carbocycles. The minimum absolute atomic E-state index is 0.533. The van der Waals surface area contributed by atoms with Gasteiger partial charge in [0.1, 0.15) is 18.1 Å². The second-order valence-electron chi connectivity index (χ2n) is 4.44. The van der Waals surface area contributed by atoms with Crippen LogP contribution in [0.3, 0.4) is 0 Å². The highest BCUT2D eigenvalue weighted by Gasteiger charge is 2.03. The van der Waals surface area contributed by atoms with Crippen LogP contribution in [0.5, 0.6) is 11.5 Å². The van der Waals surface area contributed by atoms with Crippen LogP contribution >= 0.6 is 15.9 Å². The van der Waals surface area contributed by atoms with Gasteiger partial charge in [0.15, 0.2) is 0 Å². The molecule has 0 unspecified atom stereocenters. The molecule has 0 atom stereocenters. The Morgan fingerprint density at radius 1 is 1.10 bits per heavy atom. The van der Waals surface area contributed by atoms with Crippen molar-refractivity contribution in [2.24, 2.45) is 0 Å². The zero-order valence-electron chi connectivity index (χ0n) is 11.7. The molecule has 4 heteroatoms. The maximum Gasteiger partial charge on any atom is 0.133 e. The topological polar surface area (TPSA) is 30.5 Å². The summed E-state index contributed by atoms with van der Waals surface area (Å²) in [5, 5.41) is 3.13. The predicted octanol–water partition coefficient (Wildman–Crippen LogP) is 3.76. The summed E-state index contributed by atoms with van der Waals surface area (Å²) in [6.07, 6.45) is 0. The number of rotatable bonds is 6. The molecule has 2 aromatic carbocycles. The summed E-state index contributed by atoms with van der Waals surface area (Å²) in [6, 6.07) is 14.0. The third-order valence-electron chi connectivity index (χ3n) is 2.90. The molecule has 0 radical (unpaired) electrons. The molecule has 0 spiro atoms. The van der Waals surface area contributed by atoms with Crippen molar-refractivity contribution in [3.05, 3.63) is 58.1 Å². The summed E-state index contributed by atoms with van der Waals surface area (Å²) in [7, 11) is 3.59. The fraction of sp³-hybridized carbons (Fsp3) is 0.250. The third-order valence-corrected chi connectivity index (χ3v) is 3.52. The van der Waals surface area contributed by atoms with Gasteiger partial charge in [-0.05, 0) is 58.4 Å². The second kappa shape index (κ2) is 7.31. The fourth-order valence-electron chi connectivity index (χ4n) is 1.92. The standard InChI is InChI=1S/C16H18BrNO2/c1-18-10-12-4-3-5-14(8-12)20-11-13-6-7-16(19-2)15(17)9-13/h3-9,18H,10-11H2,1-2H3. The molecule has 0 aromatic heterocycles. The van der Waals surface area contributed by atoms with Gasteiger partial charge in [-0.2, -0.15) is 0 Å². The van der Waals surface area contributed by atoms with E-state index in [2.05, 4.69) is 33.4 Å². The molecule has 2 rings (SSSR count). The predicted molar refractivity (Wildman–Crippen MR) is 84.2 cm³/mol. The second-order valence-corrected chi connectivity index (χ2v) is 5.29. The van der Waals surface area contributed by atoms with Gasteiger partial charge in [-0.3, -0.25) is 0 Å². The van der Waals surface area contributed by atoms with Crippen LogP contribution in [-0.4, -0.2) is 14.2 Å². The minimum atomic E-state index is 0.533. The lowest BCUT2D eigenvalue weighted by atomic mass is 10.2. The van der Waals surface area contributed by atoms with Crippen molar-refractivity contribution < 1.29 is 9.47 Å². The van der Waals surface area contributed by atoms with Crippen molar-refractivity contribution in [3.8, 4) is 11.5 Å². The first kappa shape index (κ1) is 14.9. The van der Waals surface area contributed by atoms with Gasteiger partial charge in [-0.1, -0.05) is 18.2 Å². The molecular formula is C16H18BrNO2. The summed E-state index contributed by atoms with van der Waals surface area (Å²) in [4.78, 5) is 0. The Morgan fingerprint density at radius 3 is 2.65 bits per heavy atom. The van der Waals surface area contributed by atoms with E-state index in [1.165, 1.54) is 5.56 Å². The van der Waals surface area contributed by atoms with E-state index in [0.717, 1.165) is 28.1 Å². The number of hydrogen-bond donors (Lipinski definition) is 1. The average molecular weight is 336 g/mol. The molecule has 106 valence electrons. The molecule has 0 bridgehead atoms. The summed E-state index contributed by atoms with van der Waals surface area (Å²) < 4.78 is 12.0. The van der Waals surface area contributed by atoms with Gasteiger partial charge >= 0.3 is 0 Å². The van der Waals surface area contributed by atoms with Crippen molar-refractivity contribution in [1.82, 2.24) is 5.32 Å². The molecule has 0 aliphatic rings. The van der Waals surface area contributed by atoms with Gasteiger partial charge in [0, 0.05) is 6.54 Å². The Balaban J connectivity index is 2.01. The highest BCUT2D eigenvalue weighted by Crippen LogP contribution is 2.26. The molecule has 0 saturated heterocycles. The van der Waals surface area contributed by atoms with Crippen LogP contribution in [0.4, 0.5) is 0 Å². The number of benzene rings is 2. The first-order valence-corrected chi connectivity index (χ1v) is 7.21. The molecule has 0 saturated carbocycles. The van der Waals surface area contributed by atoms with Crippen LogP contribution < -0.4 is 14.8 Å². The lowest BCUT2D eigenvalue weighted by molar-refractivity contribution is 0.305. The number of nitrogens with one attached hydrogen (secondary N) is 1. The van der Waals surface area contributed by atoms with E-state index in [0.29, 0.717) is 6.61 Å². The van der Waals surface area contributed by atoms with E-state index < -0.39 is 0 Å². The van der Waals surface area contributed by atoms with Gasteiger partial charge in [0.05, 0.1) is 11.6 Å². The largest absolute Gasteiger partial charge is 0.496 e. The van der Waals surface area contributed by atoms with Gasteiger partial charge in [0.25, 0.3) is 0 Å². The Morgan fingerprint density at radius 2 is 1.95 bits per heavy atom. The lowest BCUT2D eigenvalue weighted by Crippen LogP contribution is -2.05. The van der Waals surface area contributed by atoms with Crippen LogP contribution in [0.25, 0.3) is 0 Å². The summed E-state index contributed by atoms with van der Waals surface area (Å²) >= 11 is 3.48. The van der Waals surface area contributed by atoms with Crippen LogP contribution in [0.15, 0.2) is 46.9 Å². The van der Waals surface area contributed by atoms with Crippen molar-refractivity contribution in [2.75, 3.05) is 14.2 Å². The van der Waals surface area contributed by atoms with Gasteiger partial charge in [-0.25, -0.2) is 0 Å². The van der Waals surface area contributed by atoms with Gasteiger partial charge in [-0.15, -0.1) is 0 Å². The first-order chi connectivity index (χ1) is 9.72. The summed E-state index contributed by atoms with van der Waals surface area (Å²) in [5.74, 6) is 1.70. The van der Waals surface area contributed by atoms with E-state index in [-0.39, 0.29) is 0 Å². The monoisotopic (exact) mass is 335 g/mol. The Bertz CT molecular complexity index is 572. The Kier molecular flexibility index (Phi) is 5.44. The van der Waals surface area contributed by atoms with Gasteiger partial charge < -0.3 is 14.8 Å². The van der Waals surface area contributed by atoms with E-state index in [4.69, 9.17) is 9.47 Å². The zero-order chi connectivity index (χ0) is 14.4. The van der Waals surface area contributed by atoms with Crippen molar-refractivity contribution >= 4 is 15.9 Å². The third kappa shape index (κ3) is 3.99. The molecule has 0 amide bonds. The molecule has 0 heterocycles.